The van der Waals surface area contributed by atoms with Crippen molar-refractivity contribution in [3.05, 3.63) is 22.7 Å². The van der Waals surface area contributed by atoms with Gasteiger partial charge in [0.25, 0.3) is 0 Å². The van der Waals surface area contributed by atoms with Gasteiger partial charge in [-0.25, -0.2) is 14.4 Å². The molecule has 3 heterocycles. The molecule has 2 aliphatic heterocycles. The molecule has 2 saturated heterocycles. The first-order valence-corrected chi connectivity index (χ1v) is 8.52. The fraction of sp³-hybridized carbons (Fsp3) is 0.600. The largest absolute Gasteiger partial charge is 0.447 e. The summed E-state index contributed by atoms with van der Waals surface area (Å²) in [7, 11) is 0. The summed E-state index contributed by atoms with van der Waals surface area (Å²) in [5.41, 5.74) is 6.45. The van der Waals surface area contributed by atoms with Crippen LogP contribution < -0.4 is 16.9 Å². The molecule has 0 amide bonds. The summed E-state index contributed by atoms with van der Waals surface area (Å²) in [6.07, 6.45) is -5.99. The molecule has 6 N–H and O–H groups in total. The van der Waals surface area contributed by atoms with Crippen molar-refractivity contribution in [3.8, 4) is 0 Å². The summed E-state index contributed by atoms with van der Waals surface area (Å²) in [6, 6.07) is 0.145. The van der Waals surface area contributed by atoms with Gasteiger partial charge in [-0.05, 0) is 13.0 Å². The molecule has 2 aliphatic rings. The van der Waals surface area contributed by atoms with Crippen molar-refractivity contribution in [2.45, 2.75) is 49.9 Å². The SMILES string of the molecule is C[C@@H](O)[C@H](N)C(O)OC[C@H]1O[C@@H](n2ccc(NO)nc2=O)[C@@H]2OC(=O)C(=O)O[C@@H]21. The molecular formula is C15H20N4O10. The van der Waals surface area contributed by atoms with Crippen LogP contribution in [0.1, 0.15) is 13.2 Å². The third kappa shape index (κ3) is 4.21. The molecule has 0 bridgehead atoms. The highest BCUT2D eigenvalue weighted by atomic mass is 16.7. The minimum Gasteiger partial charge on any atom is -0.447 e. The Hall–Kier alpha value is -2.62. The highest BCUT2D eigenvalue weighted by Crippen LogP contribution is 2.35. The van der Waals surface area contributed by atoms with Crippen LogP contribution in [0.4, 0.5) is 5.82 Å². The standard InChI is InChI=1S/C15H20N4O10/c1-5(20)8(16)12(21)26-4-6-9-10(29-14(23)13(22)28-9)11(27-6)19-3-2-7(18-25)17-15(19)24/h2-3,5-6,8-12,20-21,25H,4,16H2,1H3,(H,17,18,24)/t5-,6-,8+,9-,10-,11-,12?/m1/s1. The van der Waals surface area contributed by atoms with Gasteiger partial charge in [0.05, 0.1) is 18.8 Å². The average Bonchev–Trinajstić information content (AvgIpc) is 3.02. The lowest BCUT2D eigenvalue weighted by Crippen LogP contribution is -2.50. The van der Waals surface area contributed by atoms with Gasteiger partial charge in [0, 0.05) is 6.20 Å². The third-order valence-electron chi connectivity index (χ3n) is 4.47. The second kappa shape index (κ2) is 8.40. The first-order valence-electron chi connectivity index (χ1n) is 8.52. The molecule has 14 nitrogen and oxygen atoms in total. The van der Waals surface area contributed by atoms with Gasteiger partial charge in [-0.3, -0.25) is 15.3 Å². The first-order chi connectivity index (χ1) is 13.7. The molecule has 0 radical (unpaired) electrons. The van der Waals surface area contributed by atoms with E-state index < -0.39 is 60.6 Å². The van der Waals surface area contributed by atoms with Crippen molar-refractivity contribution in [2.75, 3.05) is 12.1 Å². The number of carbonyl (C=O) groups is 2. The topological polar surface area (TPSA) is 205 Å². The Balaban J connectivity index is 1.81. The summed E-state index contributed by atoms with van der Waals surface area (Å²) in [6.45, 7) is 1.00. The second-order valence-electron chi connectivity index (χ2n) is 6.46. The van der Waals surface area contributed by atoms with E-state index in [0.717, 1.165) is 4.57 Å². The summed E-state index contributed by atoms with van der Waals surface area (Å²) in [5, 5.41) is 28.1. The lowest BCUT2D eigenvalue weighted by molar-refractivity contribution is -0.197. The Labute approximate surface area is 162 Å². The van der Waals surface area contributed by atoms with Crippen molar-refractivity contribution < 1.29 is 44.0 Å². The number of aliphatic hydroxyl groups excluding tert-OH is 2. The summed E-state index contributed by atoms with van der Waals surface area (Å²) >= 11 is 0. The molecular weight excluding hydrogens is 396 g/mol. The van der Waals surface area contributed by atoms with Crippen LogP contribution in [-0.4, -0.2) is 80.3 Å². The maximum absolute atomic E-state index is 12.2. The number of nitrogens with zero attached hydrogens (tertiary/aromatic N) is 2. The van der Waals surface area contributed by atoms with Gasteiger partial charge in [-0.2, -0.15) is 4.98 Å². The van der Waals surface area contributed by atoms with Gasteiger partial charge < -0.3 is 34.9 Å². The van der Waals surface area contributed by atoms with E-state index in [2.05, 4.69) is 4.98 Å². The van der Waals surface area contributed by atoms with Crippen LogP contribution in [0.2, 0.25) is 0 Å². The van der Waals surface area contributed by atoms with Crippen LogP contribution in [-0.2, 0) is 28.5 Å². The maximum Gasteiger partial charge on any atom is 0.418 e. The van der Waals surface area contributed by atoms with E-state index in [4.69, 9.17) is 29.9 Å². The zero-order valence-corrected chi connectivity index (χ0v) is 15.1. The Morgan fingerprint density at radius 1 is 1.28 bits per heavy atom. The number of aliphatic hydroxyl groups is 2. The van der Waals surface area contributed by atoms with Crippen molar-refractivity contribution >= 4 is 17.8 Å². The van der Waals surface area contributed by atoms with Gasteiger partial charge in [0.1, 0.15) is 6.10 Å². The summed E-state index contributed by atoms with van der Waals surface area (Å²) in [5.74, 6) is -2.62. The number of ether oxygens (including phenoxy) is 4. The number of nitrogens with one attached hydrogen (secondary N) is 1. The minimum atomic E-state index is -1.56. The van der Waals surface area contributed by atoms with E-state index in [0.29, 0.717) is 0 Å². The summed E-state index contributed by atoms with van der Waals surface area (Å²) in [4.78, 5) is 39.0. The van der Waals surface area contributed by atoms with E-state index in [1.807, 2.05) is 0 Å². The van der Waals surface area contributed by atoms with E-state index in [9.17, 15) is 24.6 Å². The fourth-order valence-electron chi connectivity index (χ4n) is 2.89. The molecule has 7 atom stereocenters. The van der Waals surface area contributed by atoms with E-state index >= 15 is 0 Å². The normalized spacial score (nSPS) is 29.4. The van der Waals surface area contributed by atoms with Crippen LogP contribution in [0.5, 0.6) is 0 Å². The Bertz CT molecular complexity index is 830. The predicted molar refractivity (Wildman–Crippen MR) is 89.2 cm³/mol. The molecule has 1 unspecified atom stereocenters. The Morgan fingerprint density at radius 2 is 1.93 bits per heavy atom. The van der Waals surface area contributed by atoms with Crippen molar-refractivity contribution in [3.63, 3.8) is 0 Å². The second-order valence-corrected chi connectivity index (χ2v) is 6.46. The van der Waals surface area contributed by atoms with Crippen LogP contribution in [0.15, 0.2) is 17.1 Å². The number of nitrogens with two attached hydrogens (primary N) is 1. The van der Waals surface area contributed by atoms with Crippen LogP contribution >= 0.6 is 0 Å². The van der Waals surface area contributed by atoms with Crippen molar-refractivity contribution in [1.82, 2.24) is 9.55 Å². The molecule has 3 rings (SSSR count). The van der Waals surface area contributed by atoms with E-state index in [1.54, 1.807) is 5.48 Å². The zero-order chi connectivity index (χ0) is 21.3. The monoisotopic (exact) mass is 416 g/mol. The minimum absolute atomic E-state index is 0.122. The Kier molecular flexibility index (Phi) is 6.11. The molecule has 0 saturated carbocycles. The van der Waals surface area contributed by atoms with E-state index in [1.165, 1.54) is 19.2 Å². The summed E-state index contributed by atoms with van der Waals surface area (Å²) < 4.78 is 21.9. The van der Waals surface area contributed by atoms with Crippen molar-refractivity contribution in [1.29, 1.82) is 0 Å². The molecule has 1 aromatic heterocycles. The number of hydrogen-bond acceptors (Lipinski definition) is 13. The van der Waals surface area contributed by atoms with Crippen LogP contribution in [0.3, 0.4) is 0 Å². The molecule has 1 aromatic rings. The van der Waals surface area contributed by atoms with Crippen molar-refractivity contribution in [2.24, 2.45) is 5.73 Å². The number of carbonyl (C=O) groups excluding carboxylic acids is 2. The zero-order valence-electron chi connectivity index (χ0n) is 15.1. The number of rotatable bonds is 7. The smallest absolute Gasteiger partial charge is 0.418 e. The van der Waals surface area contributed by atoms with E-state index in [-0.39, 0.29) is 12.4 Å². The molecule has 0 spiro atoms. The average molecular weight is 416 g/mol. The number of aromatic nitrogens is 2. The lowest BCUT2D eigenvalue weighted by atomic mass is 10.1. The van der Waals surface area contributed by atoms with Gasteiger partial charge in [-0.15, -0.1) is 0 Å². The predicted octanol–water partition coefficient (Wildman–Crippen LogP) is -3.18. The molecule has 0 aliphatic carbocycles. The van der Waals surface area contributed by atoms with Gasteiger partial charge in [-0.1, -0.05) is 0 Å². The molecule has 2 fully saturated rings. The molecule has 160 valence electrons. The first kappa shape index (κ1) is 21.1. The van der Waals surface area contributed by atoms with Crippen LogP contribution in [0, 0.1) is 0 Å². The number of anilines is 1. The third-order valence-corrected chi connectivity index (χ3v) is 4.47. The quantitative estimate of drug-likeness (QED) is 0.129. The number of hydrogen-bond donors (Lipinski definition) is 5. The maximum atomic E-state index is 12.2. The van der Waals surface area contributed by atoms with Gasteiger partial charge >= 0.3 is 17.6 Å². The number of esters is 2. The number of fused-ring (bicyclic) bond motifs is 1. The molecule has 14 heteroatoms. The fourth-order valence-corrected chi connectivity index (χ4v) is 2.89. The molecule has 29 heavy (non-hydrogen) atoms. The lowest BCUT2D eigenvalue weighted by Gasteiger charge is -2.28. The van der Waals surface area contributed by atoms with Crippen LogP contribution in [0.25, 0.3) is 0 Å². The van der Waals surface area contributed by atoms with Gasteiger partial charge in [0.15, 0.2) is 30.5 Å². The van der Waals surface area contributed by atoms with Gasteiger partial charge in [0.2, 0.25) is 0 Å². The molecule has 0 aromatic carbocycles. The highest BCUT2D eigenvalue weighted by Gasteiger charge is 2.55. The Morgan fingerprint density at radius 3 is 2.52 bits per heavy atom. The highest BCUT2D eigenvalue weighted by molar-refractivity contribution is 6.30.